The van der Waals surface area contributed by atoms with Gasteiger partial charge in [-0.25, -0.2) is 9.18 Å². The second kappa shape index (κ2) is 7.95. The van der Waals surface area contributed by atoms with Crippen molar-refractivity contribution in [3.05, 3.63) is 70.5 Å². The fourth-order valence-corrected chi connectivity index (χ4v) is 3.30. The number of hydrogen-bond acceptors (Lipinski definition) is 4. The zero-order valence-electron chi connectivity index (χ0n) is 13.8. The molecular formula is C19H19ClFNO3. The van der Waals surface area contributed by atoms with E-state index in [2.05, 4.69) is 0 Å². The predicted molar refractivity (Wildman–Crippen MR) is 92.9 cm³/mol. The Balaban J connectivity index is 1.87. The summed E-state index contributed by atoms with van der Waals surface area (Å²) in [6.07, 6.45) is -0.246. The maximum atomic E-state index is 13.1. The fourth-order valence-electron chi connectivity index (χ4n) is 3.06. The van der Waals surface area contributed by atoms with Crippen molar-refractivity contribution in [2.75, 3.05) is 26.8 Å². The molecule has 0 bridgehead atoms. The molecular weight excluding hydrogens is 345 g/mol. The molecule has 1 heterocycles. The highest BCUT2D eigenvalue weighted by atomic mass is 35.5. The Morgan fingerprint density at radius 1 is 1.28 bits per heavy atom. The monoisotopic (exact) mass is 363 g/mol. The molecule has 0 saturated carbocycles. The van der Waals surface area contributed by atoms with Crippen LogP contribution in [-0.4, -0.2) is 37.7 Å². The molecule has 0 spiro atoms. The topological polar surface area (TPSA) is 38.8 Å². The molecule has 1 aliphatic heterocycles. The van der Waals surface area contributed by atoms with Crippen LogP contribution < -0.4 is 0 Å². The predicted octanol–water partition coefficient (Wildman–Crippen LogP) is 3.77. The van der Waals surface area contributed by atoms with Crippen molar-refractivity contribution in [2.45, 2.75) is 12.1 Å². The van der Waals surface area contributed by atoms with Crippen molar-refractivity contribution < 1.29 is 18.7 Å². The molecule has 2 aromatic rings. The minimum absolute atomic E-state index is 0.246. The van der Waals surface area contributed by atoms with Crippen LogP contribution in [0.3, 0.4) is 0 Å². The van der Waals surface area contributed by atoms with E-state index >= 15 is 0 Å². The SMILES string of the molecule is COC(=O)[C@@H](c1ccccc1Cl)N1CCO[C@@H](c2ccc(F)cc2)C1. The van der Waals surface area contributed by atoms with E-state index < -0.39 is 6.04 Å². The van der Waals surface area contributed by atoms with Crippen LogP contribution in [0.25, 0.3) is 0 Å². The molecule has 2 aromatic carbocycles. The second-order valence-electron chi connectivity index (χ2n) is 5.85. The zero-order chi connectivity index (χ0) is 17.8. The number of carbonyl (C=O) groups is 1. The molecule has 1 fully saturated rings. The van der Waals surface area contributed by atoms with Crippen molar-refractivity contribution in [2.24, 2.45) is 0 Å². The second-order valence-corrected chi connectivity index (χ2v) is 6.26. The summed E-state index contributed by atoms with van der Waals surface area (Å²) in [5.41, 5.74) is 1.57. The Kier molecular flexibility index (Phi) is 5.68. The van der Waals surface area contributed by atoms with E-state index in [9.17, 15) is 9.18 Å². The van der Waals surface area contributed by atoms with Crippen LogP contribution in [-0.2, 0) is 14.3 Å². The van der Waals surface area contributed by atoms with Crippen LogP contribution in [0.4, 0.5) is 4.39 Å². The van der Waals surface area contributed by atoms with Gasteiger partial charge in [0.15, 0.2) is 0 Å². The number of halogens is 2. The van der Waals surface area contributed by atoms with Gasteiger partial charge in [0.2, 0.25) is 0 Å². The summed E-state index contributed by atoms with van der Waals surface area (Å²) in [7, 11) is 1.37. The molecule has 0 aliphatic carbocycles. The normalized spacial score (nSPS) is 19.4. The van der Waals surface area contributed by atoms with E-state index in [0.29, 0.717) is 30.3 Å². The van der Waals surface area contributed by atoms with Crippen LogP contribution >= 0.6 is 11.6 Å². The van der Waals surface area contributed by atoms with Gasteiger partial charge in [-0.2, -0.15) is 0 Å². The van der Waals surface area contributed by atoms with E-state index in [0.717, 1.165) is 5.56 Å². The van der Waals surface area contributed by atoms with Crippen LogP contribution in [0.2, 0.25) is 5.02 Å². The molecule has 4 nitrogen and oxygen atoms in total. The van der Waals surface area contributed by atoms with Crippen molar-refractivity contribution in [1.82, 2.24) is 4.90 Å². The molecule has 132 valence electrons. The molecule has 1 saturated heterocycles. The Morgan fingerprint density at radius 3 is 2.68 bits per heavy atom. The maximum absolute atomic E-state index is 13.1. The van der Waals surface area contributed by atoms with Gasteiger partial charge in [-0.3, -0.25) is 4.90 Å². The van der Waals surface area contributed by atoms with Crippen molar-refractivity contribution >= 4 is 17.6 Å². The Bertz CT molecular complexity index is 738. The lowest BCUT2D eigenvalue weighted by atomic mass is 10.0. The third-order valence-corrected chi connectivity index (χ3v) is 4.67. The number of esters is 1. The van der Waals surface area contributed by atoms with Crippen LogP contribution in [0.5, 0.6) is 0 Å². The smallest absolute Gasteiger partial charge is 0.327 e. The van der Waals surface area contributed by atoms with Gasteiger partial charge in [0.1, 0.15) is 11.9 Å². The number of morpholine rings is 1. The summed E-state index contributed by atoms with van der Waals surface area (Å²) in [4.78, 5) is 14.4. The minimum atomic E-state index is -0.606. The summed E-state index contributed by atoms with van der Waals surface area (Å²) in [5.74, 6) is -0.659. The summed E-state index contributed by atoms with van der Waals surface area (Å²) in [6, 6.07) is 12.9. The van der Waals surface area contributed by atoms with Crippen molar-refractivity contribution in [1.29, 1.82) is 0 Å². The van der Waals surface area contributed by atoms with Gasteiger partial charge in [-0.15, -0.1) is 0 Å². The molecule has 0 unspecified atom stereocenters. The van der Waals surface area contributed by atoms with Gasteiger partial charge in [0.25, 0.3) is 0 Å². The molecule has 0 aromatic heterocycles. The lowest BCUT2D eigenvalue weighted by Crippen LogP contribution is -2.44. The van der Waals surface area contributed by atoms with E-state index in [-0.39, 0.29) is 17.9 Å². The lowest BCUT2D eigenvalue weighted by Gasteiger charge is -2.37. The van der Waals surface area contributed by atoms with E-state index in [1.54, 1.807) is 18.2 Å². The highest BCUT2D eigenvalue weighted by Gasteiger charge is 2.34. The third-order valence-electron chi connectivity index (χ3n) is 4.33. The molecule has 3 rings (SSSR count). The molecule has 2 atom stereocenters. The molecule has 0 amide bonds. The first-order valence-corrected chi connectivity index (χ1v) is 8.41. The zero-order valence-corrected chi connectivity index (χ0v) is 14.6. The first-order valence-electron chi connectivity index (χ1n) is 8.03. The summed E-state index contributed by atoms with van der Waals surface area (Å²) in [6.45, 7) is 1.51. The third kappa shape index (κ3) is 4.00. The van der Waals surface area contributed by atoms with Gasteiger partial charge in [-0.05, 0) is 29.3 Å². The number of ether oxygens (including phenoxy) is 2. The average Bonchev–Trinajstić information content (AvgIpc) is 2.64. The molecule has 6 heteroatoms. The molecule has 25 heavy (non-hydrogen) atoms. The van der Waals surface area contributed by atoms with E-state index in [4.69, 9.17) is 21.1 Å². The van der Waals surface area contributed by atoms with Gasteiger partial charge < -0.3 is 9.47 Å². The average molecular weight is 364 g/mol. The van der Waals surface area contributed by atoms with Gasteiger partial charge in [0.05, 0.1) is 19.8 Å². The number of nitrogens with zero attached hydrogens (tertiary/aromatic N) is 1. The number of methoxy groups -OCH3 is 1. The van der Waals surface area contributed by atoms with Crippen molar-refractivity contribution in [3.8, 4) is 0 Å². The molecule has 0 radical (unpaired) electrons. The largest absolute Gasteiger partial charge is 0.468 e. The van der Waals surface area contributed by atoms with Gasteiger partial charge in [0, 0.05) is 18.1 Å². The summed E-state index contributed by atoms with van der Waals surface area (Å²) >= 11 is 6.30. The molecule has 0 N–H and O–H groups in total. The first-order chi connectivity index (χ1) is 12.1. The van der Waals surface area contributed by atoms with Gasteiger partial charge >= 0.3 is 5.97 Å². The summed E-state index contributed by atoms with van der Waals surface area (Å²) in [5, 5.41) is 0.516. The van der Waals surface area contributed by atoms with E-state index in [1.165, 1.54) is 19.2 Å². The van der Waals surface area contributed by atoms with Crippen LogP contribution in [0.15, 0.2) is 48.5 Å². The van der Waals surface area contributed by atoms with E-state index in [1.807, 2.05) is 23.1 Å². The Morgan fingerprint density at radius 2 is 2.00 bits per heavy atom. The Hall–Kier alpha value is -1.95. The number of benzene rings is 2. The summed E-state index contributed by atoms with van der Waals surface area (Å²) < 4.78 is 24.0. The lowest BCUT2D eigenvalue weighted by molar-refractivity contribution is -0.150. The quantitative estimate of drug-likeness (QED) is 0.775. The Labute approximate surface area is 151 Å². The van der Waals surface area contributed by atoms with Gasteiger partial charge in [-0.1, -0.05) is 41.9 Å². The maximum Gasteiger partial charge on any atom is 0.327 e. The minimum Gasteiger partial charge on any atom is -0.468 e. The van der Waals surface area contributed by atoms with Crippen LogP contribution in [0, 0.1) is 5.82 Å². The van der Waals surface area contributed by atoms with Crippen molar-refractivity contribution in [3.63, 3.8) is 0 Å². The number of hydrogen-bond donors (Lipinski definition) is 0. The number of carbonyl (C=O) groups excluding carboxylic acids is 1. The number of rotatable bonds is 4. The fraction of sp³-hybridized carbons (Fsp3) is 0.316. The highest BCUT2D eigenvalue weighted by Crippen LogP contribution is 2.33. The van der Waals surface area contributed by atoms with Crippen LogP contribution in [0.1, 0.15) is 23.3 Å². The highest BCUT2D eigenvalue weighted by molar-refractivity contribution is 6.31. The molecule has 1 aliphatic rings. The first kappa shape index (κ1) is 17.9. The standard InChI is InChI=1S/C19H19ClFNO3/c1-24-19(23)18(15-4-2-3-5-16(15)20)22-10-11-25-17(12-22)13-6-8-14(21)9-7-13/h2-9,17-18H,10-12H2,1H3/t17-,18-/m1/s1.